The SMILES string of the molecule is OC1(c2cnccn2)CCN(C2CC2)C1. The molecule has 1 aliphatic carbocycles. The molecule has 0 radical (unpaired) electrons. The molecular weight excluding hydrogens is 190 g/mol. The lowest BCUT2D eigenvalue weighted by Crippen LogP contribution is -2.32. The summed E-state index contributed by atoms with van der Waals surface area (Å²) >= 11 is 0. The fourth-order valence-electron chi connectivity index (χ4n) is 2.32. The summed E-state index contributed by atoms with van der Waals surface area (Å²) in [5, 5.41) is 10.5. The molecule has 1 aromatic heterocycles. The van der Waals surface area contributed by atoms with Crippen LogP contribution in [0, 0.1) is 0 Å². The van der Waals surface area contributed by atoms with E-state index in [0.717, 1.165) is 25.6 Å². The first-order valence-corrected chi connectivity index (χ1v) is 5.51. The molecule has 4 nitrogen and oxygen atoms in total. The number of nitrogens with zero attached hydrogens (tertiary/aromatic N) is 3. The predicted octanol–water partition coefficient (Wildman–Crippen LogP) is 0.532. The summed E-state index contributed by atoms with van der Waals surface area (Å²) in [4.78, 5) is 10.6. The Labute approximate surface area is 89.0 Å². The summed E-state index contributed by atoms with van der Waals surface area (Å²) in [5.41, 5.74) is -0.0511. The Kier molecular flexibility index (Phi) is 2.00. The van der Waals surface area contributed by atoms with Crippen LogP contribution >= 0.6 is 0 Å². The van der Waals surface area contributed by atoms with E-state index in [1.165, 1.54) is 12.8 Å². The highest BCUT2D eigenvalue weighted by Crippen LogP contribution is 2.37. The van der Waals surface area contributed by atoms with Crippen molar-refractivity contribution in [3.05, 3.63) is 24.3 Å². The van der Waals surface area contributed by atoms with Crippen LogP contribution in [0.1, 0.15) is 25.0 Å². The van der Waals surface area contributed by atoms with Crippen molar-refractivity contribution < 1.29 is 5.11 Å². The highest BCUT2D eigenvalue weighted by molar-refractivity contribution is 5.12. The summed E-state index contributed by atoms with van der Waals surface area (Å²) in [6.45, 7) is 1.70. The molecule has 1 N–H and O–H groups in total. The van der Waals surface area contributed by atoms with Gasteiger partial charge in [-0.2, -0.15) is 0 Å². The van der Waals surface area contributed by atoms with Gasteiger partial charge in [-0.25, -0.2) is 0 Å². The Hall–Kier alpha value is -1.00. The third kappa shape index (κ3) is 1.64. The van der Waals surface area contributed by atoms with Gasteiger partial charge in [0, 0.05) is 31.5 Å². The Morgan fingerprint density at radius 1 is 1.40 bits per heavy atom. The van der Waals surface area contributed by atoms with Crippen molar-refractivity contribution in [2.75, 3.05) is 13.1 Å². The summed E-state index contributed by atoms with van der Waals surface area (Å²) in [7, 11) is 0. The Balaban J connectivity index is 1.80. The van der Waals surface area contributed by atoms with E-state index in [-0.39, 0.29) is 0 Å². The zero-order valence-electron chi connectivity index (χ0n) is 8.63. The first-order chi connectivity index (χ1) is 7.28. The van der Waals surface area contributed by atoms with Gasteiger partial charge in [0.2, 0.25) is 0 Å². The third-order valence-corrected chi connectivity index (χ3v) is 3.38. The molecule has 2 aliphatic rings. The van der Waals surface area contributed by atoms with Crippen LogP contribution in [0.5, 0.6) is 0 Å². The van der Waals surface area contributed by atoms with Gasteiger partial charge in [0.25, 0.3) is 0 Å². The molecule has 2 fully saturated rings. The van der Waals surface area contributed by atoms with E-state index < -0.39 is 5.60 Å². The van der Waals surface area contributed by atoms with Crippen LogP contribution in [0.25, 0.3) is 0 Å². The molecule has 0 bridgehead atoms. The van der Waals surface area contributed by atoms with Crippen molar-refractivity contribution in [3.8, 4) is 0 Å². The molecule has 80 valence electrons. The first-order valence-electron chi connectivity index (χ1n) is 5.51. The molecule has 3 rings (SSSR count). The maximum absolute atomic E-state index is 10.5. The summed E-state index contributed by atoms with van der Waals surface area (Å²) < 4.78 is 0. The smallest absolute Gasteiger partial charge is 0.122 e. The Morgan fingerprint density at radius 2 is 2.27 bits per heavy atom. The lowest BCUT2D eigenvalue weighted by Gasteiger charge is -2.22. The van der Waals surface area contributed by atoms with E-state index >= 15 is 0 Å². The second-order valence-electron chi connectivity index (χ2n) is 4.57. The van der Waals surface area contributed by atoms with Gasteiger partial charge in [0.15, 0.2) is 0 Å². The molecule has 0 aromatic carbocycles. The van der Waals surface area contributed by atoms with Gasteiger partial charge in [-0.05, 0) is 19.3 Å². The molecule has 0 spiro atoms. The van der Waals surface area contributed by atoms with Crippen molar-refractivity contribution in [1.82, 2.24) is 14.9 Å². The molecule has 1 saturated carbocycles. The third-order valence-electron chi connectivity index (χ3n) is 3.38. The molecule has 4 heteroatoms. The standard InChI is InChI=1S/C11H15N3O/c15-11(10-7-12-4-5-13-10)3-6-14(8-11)9-1-2-9/h4-5,7,9,15H,1-3,6,8H2. The van der Waals surface area contributed by atoms with Gasteiger partial charge in [-0.3, -0.25) is 14.9 Å². The normalized spacial score (nSPS) is 32.1. The minimum Gasteiger partial charge on any atom is -0.382 e. The molecule has 0 amide bonds. The first kappa shape index (κ1) is 9.24. The lowest BCUT2D eigenvalue weighted by molar-refractivity contribution is 0.0405. The number of hydrogen-bond acceptors (Lipinski definition) is 4. The predicted molar refractivity (Wildman–Crippen MR) is 55.1 cm³/mol. The van der Waals surface area contributed by atoms with Gasteiger partial charge in [-0.15, -0.1) is 0 Å². The van der Waals surface area contributed by atoms with E-state index in [1.54, 1.807) is 18.6 Å². The molecule has 1 atom stereocenters. The fraction of sp³-hybridized carbons (Fsp3) is 0.636. The monoisotopic (exact) mass is 205 g/mol. The fourth-order valence-corrected chi connectivity index (χ4v) is 2.32. The average Bonchev–Trinajstić information content (AvgIpc) is 3.04. The van der Waals surface area contributed by atoms with Gasteiger partial charge in [0.1, 0.15) is 5.60 Å². The molecule has 1 unspecified atom stereocenters. The van der Waals surface area contributed by atoms with Crippen LogP contribution in [-0.2, 0) is 5.60 Å². The zero-order valence-corrected chi connectivity index (χ0v) is 8.63. The minimum atomic E-state index is -0.767. The van der Waals surface area contributed by atoms with Crippen LogP contribution in [0.4, 0.5) is 0 Å². The molecule has 2 heterocycles. The summed E-state index contributed by atoms with van der Waals surface area (Å²) in [6, 6.07) is 0.718. The largest absolute Gasteiger partial charge is 0.382 e. The van der Waals surface area contributed by atoms with Crippen molar-refractivity contribution >= 4 is 0 Å². The molecule has 1 aliphatic heterocycles. The Morgan fingerprint density at radius 3 is 2.93 bits per heavy atom. The average molecular weight is 205 g/mol. The number of β-amino-alcohol motifs (C(OH)–C–C–N with tert-alkyl or cyclic N) is 1. The lowest BCUT2D eigenvalue weighted by atomic mass is 9.99. The number of rotatable bonds is 2. The van der Waals surface area contributed by atoms with Crippen LogP contribution in [-0.4, -0.2) is 39.1 Å². The van der Waals surface area contributed by atoms with Crippen molar-refractivity contribution in [3.63, 3.8) is 0 Å². The van der Waals surface area contributed by atoms with Crippen molar-refractivity contribution in [2.24, 2.45) is 0 Å². The van der Waals surface area contributed by atoms with E-state index in [1.807, 2.05) is 0 Å². The van der Waals surface area contributed by atoms with Crippen LogP contribution in [0.15, 0.2) is 18.6 Å². The van der Waals surface area contributed by atoms with Gasteiger partial charge >= 0.3 is 0 Å². The van der Waals surface area contributed by atoms with Crippen molar-refractivity contribution in [1.29, 1.82) is 0 Å². The van der Waals surface area contributed by atoms with Crippen LogP contribution in [0.2, 0.25) is 0 Å². The van der Waals surface area contributed by atoms with Gasteiger partial charge in [0.05, 0.1) is 11.9 Å². The molecule has 1 saturated heterocycles. The zero-order chi connectivity index (χ0) is 10.3. The van der Waals surface area contributed by atoms with Crippen LogP contribution < -0.4 is 0 Å². The minimum absolute atomic E-state index is 0.716. The second-order valence-corrected chi connectivity index (χ2v) is 4.57. The van der Waals surface area contributed by atoms with Gasteiger partial charge < -0.3 is 5.11 Å². The number of aromatic nitrogens is 2. The number of likely N-dealkylation sites (tertiary alicyclic amines) is 1. The van der Waals surface area contributed by atoms with Crippen molar-refractivity contribution in [2.45, 2.75) is 30.9 Å². The highest BCUT2D eigenvalue weighted by atomic mass is 16.3. The Bertz CT molecular complexity index is 352. The van der Waals surface area contributed by atoms with E-state index in [4.69, 9.17) is 0 Å². The molecular formula is C11H15N3O. The number of aliphatic hydroxyl groups is 1. The van der Waals surface area contributed by atoms with E-state index in [2.05, 4.69) is 14.9 Å². The summed E-state index contributed by atoms with van der Waals surface area (Å²) in [5.74, 6) is 0. The van der Waals surface area contributed by atoms with Gasteiger partial charge in [-0.1, -0.05) is 0 Å². The quantitative estimate of drug-likeness (QED) is 0.765. The number of hydrogen-bond donors (Lipinski definition) is 1. The second kappa shape index (κ2) is 3.25. The molecule has 1 aromatic rings. The van der Waals surface area contributed by atoms with Crippen LogP contribution in [0.3, 0.4) is 0 Å². The highest BCUT2D eigenvalue weighted by Gasteiger charge is 2.43. The maximum atomic E-state index is 10.5. The van der Waals surface area contributed by atoms with E-state index in [0.29, 0.717) is 5.69 Å². The van der Waals surface area contributed by atoms with E-state index in [9.17, 15) is 5.11 Å². The molecule has 15 heavy (non-hydrogen) atoms. The maximum Gasteiger partial charge on any atom is 0.122 e. The topological polar surface area (TPSA) is 49.3 Å². The summed E-state index contributed by atoms with van der Waals surface area (Å²) in [6.07, 6.45) is 8.32.